The highest BCUT2D eigenvalue weighted by atomic mass is 32.2. The van der Waals surface area contributed by atoms with Crippen LogP contribution in [-0.2, 0) is 21.1 Å². The summed E-state index contributed by atoms with van der Waals surface area (Å²) >= 11 is 0. The molecule has 1 aliphatic heterocycles. The number of aryl methyl sites for hydroxylation is 1. The molecule has 0 aliphatic carbocycles. The van der Waals surface area contributed by atoms with Gasteiger partial charge in [-0.1, -0.05) is 0 Å². The fourth-order valence-corrected chi connectivity index (χ4v) is 4.15. The van der Waals surface area contributed by atoms with Crippen LogP contribution in [0, 0.1) is 0 Å². The van der Waals surface area contributed by atoms with E-state index < -0.39 is 9.84 Å². The third-order valence-corrected chi connectivity index (χ3v) is 5.42. The molecule has 6 nitrogen and oxygen atoms in total. The molecule has 1 fully saturated rings. The molecule has 22 heavy (non-hydrogen) atoms. The molecule has 0 bridgehead atoms. The Balaban J connectivity index is 1.88. The lowest BCUT2D eigenvalue weighted by molar-refractivity contribution is -0.121. The van der Waals surface area contributed by atoms with Crippen LogP contribution in [0.2, 0.25) is 0 Å². The molecule has 0 unspecified atom stereocenters. The molecule has 1 amide bonds. The highest BCUT2D eigenvalue weighted by molar-refractivity contribution is 7.91. The molecule has 0 aromatic heterocycles. The molecule has 1 aliphatic rings. The van der Waals surface area contributed by atoms with Crippen LogP contribution in [0.25, 0.3) is 0 Å². The molecular weight excluding hydrogens is 306 g/mol. The lowest BCUT2D eigenvalue weighted by Gasteiger charge is -2.11. The number of nitrogens with one attached hydrogen (secondary N) is 1. The summed E-state index contributed by atoms with van der Waals surface area (Å²) in [7, 11) is 0.176. The van der Waals surface area contributed by atoms with Crippen molar-refractivity contribution in [3.05, 3.63) is 23.8 Å². The Bertz CT molecular complexity index is 619. The maximum absolute atomic E-state index is 11.9. The molecular formula is C15H21NO5S. The first-order valence-corrected chi connectivity index (χ1v) is 8.96. The number of hydrogen-bond donors (Lipinski definition) is 1. The minimum atomic E-state index is -2.97. The quantitative estimate of drug-likeness (QED) is 0.841. The minimum absolute atomic E-state index is 0.0473. The van der Waals surface area contributed by atoms with Crippen LogP contribution in [0.3, 0.4) is 0 Å². The molecule has 1 aromatic carbocycles. The van der Waals surface area contributed by atoms with Gasteiger partial charge in [0.15, 0.2) is 9.84 Å². The van der Waals surface area contributed by atoms with E-state index in [4.69, 9.17) is 9.47 Å². The lowest BCUT2D eigenvalue weighted by Crippen LogP contribution is -2.35. The van der Waals surface area contributed by atoms with Crippen LogP contribution in [0.4, 0.5) is 0 Å². The maximum Gasteiger partial charge on any atom is 0.220 e. The first-order chi connectivity index (χ1) is 10.4. The van der Waals surface area contributed by atoms with Gasteiger partial charge in [-0.25, -0.2) is 8.42 Å². The van der Waals surface area contributed by atoms with Crippen LogP contribution < -0.4 is 14.8 Å². The van der Waals surface area contributed by atoms with Gasteiger partial charge in [0, 0.05) is 18.5 Å². The summed E-state index contributed by atoms with van der Waals surface area (Å²) in [6, 6.07) is 5.23. The Hall–Kier alpha value is -1.76. The number of ether oxygens (including phenoxy) is 2. The summed E-state index contributed by atoms with van der Waals surface area (Å²) < 4.78 is 33.1. The molecule has 122 valence electrons. The summed E-state index contributed by atoms with van der Waals surface area (Å²) in [5, 5.41) is 2.78. The Morgan fingerprint density at radius 1 is 1.23 bits per heavy atom. The second kappa shape index (κ2) is 7.00. The van der Waals surface area contributed by atoms with E-state index in [1.165, 1.54) is 0 Å². The van der Waals surface area contributed by atoms with Gasteiger partial charge in [-0.2, -0.15) is 0 Å². The Kier molecular flexibility index (Phi) is 5.28. The Morgan fingerprint density at radius 2 is 1.86 bits per heavy atom. The van der Waals surface area contributed by atoms with Crippen molar-refractivity contribution in [1.29, 1.82) is 0 Å². The zero-order valence-corrected chi connectivity index (χ0v) is 13.6. The van der Waals surface area contributed by atoms with Crippen molar-refractivity contribution in [2.45, 2.75) is 25.3 Å². The first kappa shape index (κ1) is 16.6. The summed E-state index contributed by atoms with van der Waals surface area (Å²) in [6.45, 7) is 0. The van der Waals surface area contributed by atoms with Crippen molar-refractivity contribution in [3.8, 4) is 11.5 Å². The SMILES string of the molecule is COc1cc(CCC(=O)N[C@@H]2CCS(=O)(=O)C2)cc(OC)c1. The fourth-order valence-electron chi connectivity index (χ4n) is 2.48. The average molecular weight is 327 g/mol. The van der Waals surface area contributed by atoms with E-state index in [2.05, 4.69) is 5.32 Å². The summed E-state index contributed by atoms with van der Waals surface area (Å²) in [5.41, 5.74) is 0.936. The third kappa shape index (κ3) is 4.62. The molecule has 0 spiro atoms. The van der Waals surface area contributed by atoms with Crippen molar-refractivity contribution in [2.24, 2.45) is 0 Å². The predicted molar refractivity (Wildman–Crippen MR) is 83.1 cm³/mol. The van der Waals surface area contributed by atoms with E-state index in [0.29, 0.717) is 30.8 Å². The van der Waals surface area contributed by atoms with Crippen LogP contribution in [0.5, 0.6) is 11.5 Å². The van der Waals surface area contributed by atoms with Gasteiger partial charge in [-0.15, -0.1) is 0 Å². The van der Waals surface area contributed by atoms with Gasteiger partial charge in [-0.3, -0.25) is 4.79 Å². The Morgan fingerprint density at radius 3 is 2.36 bits per heavy atom. The van der Waals surface area contributed by atoms with E-state index in [-0.39, 0.29) is 23.5 Å². The molecule has 1 aromatic rings. The Labute approximate surface area is 130 Å². The van der Waals surface area contributed by atoms with Gasteiger partial charge in [-0.05, 0) is 30.5 Å². The summed E-state index contributed by atoms with van der Waals surface area (Å²) in [6.07, 6.45) is 1.34. The van der Waals surface area contributed by atoms with Crippen LogP contribution in [0.15, 0.2) is 18.2 Å². The zero-order valence-electron chi connectivity index (χ0n) is 12.8. The van der Waals surface area contributed by atoms with E-state index >= 15 is 0 Å². The van der Waals surface area contributed by atoms with Gasteiger partial charge in [0.2, 0.25) is 5.91 Å². The monoisotopic (exact) mass is 327 g/mol. The van der Waals surface area contributed by atoms with Gasteiger partial charge >= 0.3 is 0 Å². The first-order valence-electron chi connectivity index (χ1n) is 7.13. The molecule has 0 radical (unpaired) electrons. The molecule has 1 atom stereocenters. The standard InChI is InChI=1S/C15H21NO5S/c1-20-13-7-11(8-14(9-13)21-2)3-4-15(17)16-12-5-6-22(18,19)10-12/h7-9,12H,3-6,10H2,1-2H3,(H,16,17)/t12-/m1/s1. The fraction of sp³-hybridized carbons (Fsp3) is 0.533. The normalized spacial score (nSPS) is 19.6. The number of carbonyl (C=O) groups excluding carboxylic acids is 1. The van der Waals surface area contributed by atoms with Gasteiger partial charge in [0.25, 0.3) is 0 Å². The number of methoxy groups -OCH3 is 2. The largest absolute Gasteiger partial charge is 0.497 e. The van der Waals surface area contributed by atoms with Crippen molar-refractivity contribution in [3.63, 3.8) is 0 Å². The molecule has 1 saturated heterocycles. The number of carbonyl (C=O) groups is 1. The number of amides is 1. The third-order valence-electron chi connectivity index (χ3n) is 3.65. The van der Waals surface area contributed by atoms with Gasteiger partial charge in [0.1, 0.15) is 11.5 Å². The van der Waals surface area contributed by atoms with Gasteiger partial charge < -0.3 is 14.8 Å². The number of rotatable bonds is 6. The number of hydrogen-bond acceptors (Lipinski definition) is 5. The average Bonchev–Trinajstić information content (AvgIpc) is 2.83. The summed E-state index contributed by atoms with van der Waals surface area (Å²) in [5.74, 6) is 1.42. The van der Waals surface area contributed by atoms with Crippen molar-refractivity contribution in [2.75, 3.05) is 25.7 Å². The van der Waals surface area contributed by atoms with Crippen LogP contribution in [-0.4, -0.2) is 46.1 Å². The topological polar surface area (TPSA) is 81.7 Å². The number of sulfone groups is 1. The van der Waals surface area contributed by atoms with Crippen LogP contribution >= 0.6 is 0 Å². The highest BCUT2D eigenvalue weighted by Crippen LogP contribution is 2.23. The van der Waals surface area contributed by atoms with E-state index in [0.717, 1.165) is 5.56 Å². The highest BCUT2D eigenvalue weighted by Gasteiger charge is 2.28. The lowest BCUT2D eigenvalue weighted by atomic mass is 10.1. The van der Waals surface area contributed by atoms with E-state index in [1.807, 2.05) is 12.1 Å². The molecule has 7 heteroatoms. The minimum Gasteiger partial charge on any atom is -0.497 e. The maximum atomic E-state index is 11.9. The molecule has 0 saturated carbocycles. The van der Waals surface area contributed by atoms with Crippen molar-refractivity contribution >= 4 is 15.7 Å². The number of benzene rings is 1. The van der Waals surface area contributed by atoms with E-state index in [9.17, 15) is 13.2 Å². The smallest absolute Gasteiger partial charge is 0.220 e. The second-order valence-corrected chi connectivity index (χ2v) is 7.62. The van der Waals surface area contributed by atoms with Gasteiger partial charge in [0.05, 0.1) is 25.7 Å². The van der Waals surface area contributed by atoms with Crippen LogP contribution in [0.1, 0.15) is 18.4 Å². The molecule has 1 N–H and O–H groups in total. The molecule has 2 rings (SSSR count). The predicted octanol–water partition coefficient (Wildman–Crippen LogP) is 0.940. The summed E-state index contributed by atoms with van der Waals surface area (Å²) in [4.78, 5) is 11.9. The zero-order chi connectivity index (χ0) is 16.2. The molecule has 1 heterocycles. The second-order valence-electron chi connectivity index (χ2n) is 5.39. The van der Waals surface area contributed by atoms with E-state index in [1.54, 1.807) is 20.3 Å². The van der Waals surface area contributed by atoms with Crippen molar-refractivity contribution < 1.29 is 22.7 Å². The van der Waals surface area contributed by atoms with Crippen molar-refractivity contribution in [1.82, 2.24) is 5.32 Å².